The molecular weight excluding hydrogens is 267 g/mol. The minimum absolute atomic E-state index is 0.0137. The second-order valence-electron chi connectivity index (χ2n) is 5.92. The second-order valence-corrected chi connectivity index (χ2v) is 5.92. The maximum Gasteiger partial charge on any atom is 0.123 e. The molecule has 2 aromatic rings. The van der Waals surface area contributed by atoms with Crippen LogP contribution in [-0.2, 0) is 11.2 Å². The maximum absolute atomic E-state index is 13.7. The van der Waals surface area contributed by atoms with Crippen molar-refractivity contribution in [2.24, 2.45) is 0 Å². The van der Waals surface area contributed by atoms with Gasteiger partial charge in [-0.05, 0) is 47.2 Å². The van der Waals surface area contributed by atoms with E-state index in [0.29, 0.717) is 0 Å². The number of ether oxygens (including phenoxy) is 1. The van der Waals surface area contributed by atoms with Crippen LogP contribution in [0.5, 0.6) is 0 Å². The topological polar surface area (TPSA) is 29.5 Å². The summed E-state index contributed by atoms with van der Waals surface area (Å²) in [6.45, 7) is 0.0137. The molecule has 1 aliphatic carbocycles. The molecule has 2 nitrogen and oxygen atoms in total. The quantitative estimate of drug-likeness (QED) is 0.870. The minimum atomic E-state index is -0.227. The summed E-state index contributed by atoms with van der Waals surface area (Å²) in [4.78, 5) is 0. The van der Waals surface area contributed by atoms with Crippen LogP contribution in [0.2, 0.25) is 0 Å². The Balaban J connectivity index is 1.90. The molecule has 1 aliphatic heterocycles. The van der Waals surface area contributed by atoms with Crippen LogP contribution in [-0.4, -0.2) is 17.8 Å². The molecule has 1 N–H and O–H groups in total. The zero-order valence-corrected chi connectivity index (χ0v) is 11.6. The normalized spacial score (nSPS) is 26.7. The van der Waals surface area contributed by atoms with E-state index in [0.717, 1.165) is 24.0 Å². The van der Waals surface area contributed by atoms with Crippen molar-refractivity contribution in [2.75, 3.05) is 6.61 Å². The van der Waals surface area contributed by atoms with Gasteiger partial charge in [0.15, 0.2) is 0 Å². The Labute approximate surface area is 123 Å². The Hall–Kier alpha value is -1.71. The lowest BCUT2D eigenvalue weighted by Gasteiger charge is -2.19. The Kier molecular flexibility index (Phi) is 3.05. The van der Waals surface area contributed by atoms with Crippen molar-refractivity contribution in [1.29, 1.82) is 0 Å². The smallest absolute Gasteiger partial charge is 0.123 e. The predicted molar refractivity (Wildman–Crippen MR) is 77.7 cm³/mol. The lowest BCUT2D eigenvalue weighted by atomic mass is 9.87. The van der Waals surface area contributed by atoms with Crippen LogP contribution in [0.15, 0.2) is 42.5 Å². The van der Waals surface area contributed by atoms with Crippen LogP contribution in [0.1, 0.15) is 40.7 Å². The van der Waals surface area contributed by atoms with Gasteiger partial charge in [-0.15, -0.1) is 0 Å². The number of halogens is 1. The summed E-state index contributed by atoms with van der Waals surface area (Å²) in [6, 6.07) is 13.3. The van der Waals surface area contributed by atoms with Gasteiger partial charge < -0.3 is 9.84 Å². The van der Waals surface area contributed by atoms with Gasteiger partial charge in [-0.1, -0.05) is 30.3 Å². The second kappa shape index (κ2) is 4.93. The molecule has 0 amide bonds. The molecule has 0 spiro atoms. The van der Waals surface area contributed by atoms with E-state index in [4.69, 9.17) is 4.74 Å². The standard InChI is InChI=1S/C18H17FO2/c19-13-6-5-12-7-11-3-1-2-4-15(11)17-9-14(10-20)21-18(17)16(12)8-13/h1-6,8,14,17-18,20H,7,9-10H2/t14?,17-,18?/m1/s1. The first-order valence-electron chi connectivity index (χ1n) is 7.38. The van der Waals surface area contributed by atoms with E-state index in [1.807, 2.05) is 18.2 Å². The average molecular weight is 284 g/mol. The first-order valence-corrected chi connectivity index (χ1v) is 7.38. The Bertz CT molecular complexity index is 683. The molecule has 2 aliphatic rings. The molecule has 0 aromatic heterocycles. The highest BCUT2D eigenvalue weighted by molar-refractivity contribution is 5.45. The van der Waals surface area contributed by atoms with Crippen LogP contribution in [0.25, 0.3) is 0 Å². The fourth-order valence-corrected chi connectivity index (χ4v) is 3.72. The lowest BCUT2D eigenvalue weighted by molar-refractivity contribution is 0.00829. The average Bonchev–Trinajstić information content (AvgIpc) is 2.89. The summed E-state index contributed by atoms with van der Waals surface area (Å²) in [5, 5.41) is 9.43. The summed E-state index contributed by atoms with van der Waals surface area (Å²) < 4.78 is 19.7. The first kappa shape index (κ1) is 13.0. The Morgan fingerprint density at radius 3 is 2.76 bits per heavy atom. The molecular formula is C18H17FO2. The third-order valence-corrected chi connectivity index (χ3v) is 4.67. The molecule has 0 radical (unpaired) electrons. The molecule has 0 bridgehead atoms. The molecule has 3 heteroatoms. The summed E-state index contributed by atoms with van der Waals surface area (Å²) in [5.74, 6) is -0.0316. The lowest BCUT2D eigenvalue weighted by Crippen LogP contribution is -2.11. The summed E-state index contributed by atoms with van der Waals surface area (Å²) in [5.41, 5.74) is 4.61. The Morgan fingerprint density at radius 2 is 1.90 bits per heavy atom. The van der Waals surface area contributed by atoms with E-state index < -0.39 is 0 Å². The van der Waals surface area contributed by atoms with Crippen molar-refractivity contribution in [3.63, 3.8) is 0 Å². The zero-order chi connectivity index (χ0) is 14.4. The number of hydrogen-bond acceptors (Lipinski definition) is 2. The Morgan fingerprint density at radius 1 is 1.10 bits per heavy atom. The maximum atomic E-state index is 13.7. The monoisotopic (exact) mass is 284 g/mol. The van der Waals surface area contributed by atoms with Gasteiger partial charge in [0.2, 0.25) is 0 Å². The molecule has 0 saturated carbocycles. The van der Waals surface area contributed by atoms with Gasteiger partial charge in [0.1, 0.15) is 5.82 Å². The predicted octanol–water partition coefficient (Wildman–Crippen LogP) is 3.34. The van der Waals surface area contributed by atoms with E-state index in [2.05, 4.69) is 12.1 Å². The first-order chi connectivity index (χ1) is 10.3. The van der Waals surface area contributed by atoms with Gasteiger partial charge in [0.25, 0.3) is 0 Å². The highest BCUT2D eigenvalue weighted by Gasteiger charge is 2.40. The van der Waals surface area contributed by atoms with Crippen molar-refractivity contribution in [1.82, 2.24) is 0 Å². The highest BCUT2D eigenvalue weighted by Crippen LogP contribution is 2.49. The fourth-order valence-electron chi connectivity index (χ4n) is 3.72. The molecule has 2 aromatic carbocycles. The van der Waals surface area contributed by atoms with E-state index in [1.54, 1.807) is 6.07 Å². The molecule has 2 unspecified atom stereocenters. The van der Waals surface area contributed by atoms with E-state index in [9.17, 15) is 9.50 Å². The largest absolute Gasteiger partial charge is 0.394 e. The van der Waals surface area contributed by atoms with Crippen LogP contribution in [0.3, 0.4) is 0 Å². The van der Waals surface area contributed by atoms with E-state index >= 15 is 0 Å². The third kappa shape index (κ3) is 2.08. The minimum Gasteiger partial charge on any atom is -0.394 e. The molecule has 4 rings (SSSR count). The van der Waals surface area contributed by atoms with Gasteiger partial charge in [-0.2, -0.15) is 0 Å². The number of hydrogen-bond donors (Lipinski definition) is 1. The fraction of sp³-hybridized carbons (Fsp3) is 0.333. The molecule has 1 heterocycles. The number of benzene rings is 2. The number of aliphatic hydroxyl groups excluding tert-OH is 1. The van der Waals surface area contributed by atoms with Crippen LogP contribution < -0.4 is 0 Å². The highest BCUT2D eigenvalue weighted by atomic mass is 19.1. The van der Waals surface area contributed by atoms with Gasteiger partial charge in [0, 0.05) is 5.92 Å². The van der Waals surface area contributed by atoms with Gasteiger partial charge in [-0.25, -0.2) is 4.39 Å². The summed E-state index contributed by atoms with van der Waals surface area (Å²) in [7, 11) is 0. The molecule has 108 valence electrons. The van der Waals surface area contributed by atoms with Crippen LogP contribution >= 0.6 is 0 Å². The zero-order valence-electron chi connectivity index (χ0n) is 11.6. The van der Waals surface area contributed by atoms with Crippen molar-refractivity contribution >= 4 is 0 Å². The van der Waals surface area contributed by atoms with Crippen molar-refractivity contribution < 1.29 is 14.2 Å². The number of aliphatic hydroxyl groups is 1. The van der Waals surface area contributed by atoms with E-state index in [-0.39, 0.29) is 30.5 Å². The van der Waals surface area contributed by atoms with Crippen molar-refractivity contribution in [2.45, 2.75) is 31.0 Å². The number of rotatable bonds is 1. The van der Waals surface area contributed by atoms with Gasteiger partial charge in [-0.3, -0.25) is 0 Å². The van der Waals surface area contributed by atoms with Gasteiger partial charge in [0.05, 0.1) is 18.8 Å². The van der Waals surface area contributed by atoms with E-state index in [1.165, 1.54) is 17.2 Å². The SMILES string of the molecule is OCC1C[C@@H]2c3ccccc3Cc3ccc(F)cc3C2O1. The van der Waals surface area contributed by atoms with Gasteiger partial charge >= 0.3 is 0 Å². The van der Waals surface area contributed by atoms with Crippen molar-refractivity contribution in [3.8, 4) is 0 Å². The molecule has 1 fully saturated rings. The molecule has 21 heavy (non-hydrogen) atoms. The third-order valence-electron chi connectivity index (χ3n) is 4.67. The summed E-state index contributed by atoms with van der Waals surface area (Å²) in [6.07, 6.45) is 1.28. The molecule has 3 atom stereocenters. The van der Waals surface area contributed by atoms with Crippen LogP contribution in [0, 0.1) is 5.82 Å². The summed E-state index contributed by atoms with van der Waals surface area (Å²) >= 11 is 0. The number of fused-ring (bicyclic) bond motifs is 5. The van der Waals surface area contributed by atoms with Crippen LogP contribution in [0.4, 0.5) is 4.39 Å². The van der Waals surface area contributed by atoms with Crippen molar-refractivity contribution in [3.05, 3.63) is 70.5 Å². The molecule has 1 saturated heterocycles.